The number of piperidine rings is 2. The summed E-state index contributed by atoms with van der Waals surface area (Å²) in [5, 5.41) is 8.05. The summed E-state index contributed by atoms with van der Waals surface area (Å²) in [6.07, 6.45) is 7.38. The number of hydrogen-bond donors (Lipinski definition) is 0. The first kappa shape index (κ1) is 18.7. The number of fused-ring (bicyclic) bond motifs is 3. The molecule has 8 heteroatoms. The summed E-state index contributed by atoms with van der Waals surface area (Å²) >= 11 is 0. The Balaban J connectivity index is 1.44. The van der Waals surface area contributed by atoms with Crippen LogP contribution in [0.1, 0.15) is 35.2 Å². The summed E-state index contributed by atoms with van der Waals surface area (Å²) in [7, 11) is 0. The number of amides is 1. The summed E-state index contributed by atoms with van der Waals surface area (Å²) in [4.78, 5) is 20.9. The van der Waals surface area contributed by atoms with Crippen LogP contribution in [0, 0.1) is 18.7 Å². The van der Waals surface area contributed by atoms with Crippen molar-refractivity contribution >= 4 is 5.91 Å². The van der Waals surface area contributed by atoms with Crippen LogP contribution >= 0.6 is 0 Å². The molecule has 0 spiro atoms. The number of rotatable bonds is 4. The van der Waals surface area contributed by atoms with Crippen molar-refractivity contribution in [2.45, 2.75) is 38.3 Å². The van der Waals surface area contributed by atoms with E-state index in [0.717, 1.165) is 29.6 Å². The predicted octanol–water partition coefficient (Wildman–Crippen LogP) is 3.18. The summed E-state index contributed by atoms with van der Waals surface area (Å²) in [5.41, 5.74) is 1.40. The molecule has 1 saturated carbocycles. The largest absolute Gasteiger partial charge is 0.472 e. The fourth-order valence-corrected chi connectivity index (χ4v) is 4.55. The molecule has 2 saturated heterocycles. The van der Waals surface area contributed by atoms with Crippen molar-refractivity contribution in [2.75, 3.05) is 6.54 Å². The molecule has 1 aromatic carbocycles. The first-order valence-corrected chi connectivity index (χ1v) is 10.2. The number of nitrogens with zero attached hydrogens (tertiary/aromatic N) is 5. The Morgan fingerprint density at radius 2 is 2.00 bits per heavy atom. The molecule has 7 nitrogen and oxygen atoms in total. The van der Waals surface area contributed by atoms with E-state index in [-0.39, 0.29) is 29.3 Å². The summed E-state index contributed by atoms with van der Waals surface area (Å²) in [5.74, 6) is 0.171. The van der Waals surface area contributed by atoms with Crippen molar-refractivity contribution < 1.29 is 13.9 Å². The van der Waals surface area contributed by atoms with Gasteiger partial charge in [-0.2, -0.15) is 10.2 Å². The molecule has 2 aromatic heterocycles. The molecule has 6 rings (SSSR count). The lowest BCUT2D eigenvalue weighted by molar-refractivity contribution is -0.0313. The van der Waals surface area contributed by atoms with Crippen LogP contribution in [0.5, 0.6) is 5.88 Å². The zero-order valence-electron chi connectivity index (χ0n) is 16.6. The topological polar surface area (TPSA) is 73.1 Å². The van der Waals surface area contributed by atoms with Gasteiger partial charge >= 0.3 is 0 Å². The Morgan fingerprint density at radius 1 is 1.17 bits per heavy atom. The number of benzene rings is 1. The second-order valence-corrected chi connectivity index (χ2v) is 7.99. The van der Waals surface area contributed by atoms with Crippen molar-refractivity contribution in [3.05, 3.63) is 65.9 Å². The maximum absolute atomic E-state index is 14.6. The SMILES string of the molecule is Cc1ccc(O[C@@H]2C[C@H]3CC[C@@H]2N(C(=O)c2cccc(F)c2-n2nccn2)C3)nc1. The van der Waals surface area contributed by atoms with Crippen molar-refractivity contribution in [3.8, 4) is 11.6 Å². The van der Waals surface area contributed by atoms with Crippen molar-refractivity contribution in [3.63, 3.8) is 0 Å². The van der Waals surface area contributed by atoms with Crippen LogP contribution in [0.3, 0.4) is 0 Å². The zero-order chi connectivity index (χ0) is 20.7. The van der Waals surface area contributed by atoms with Crippen molar-refractivity contribution in [1.29, 1.82) is 0 Å². The van der Waals surface area contributed by atoms with Crippen LogP contribution < -0.4 is 4.74 Å². The molecule has 2 aliphatic heterocycles. The van der Waals surface area contributed by atoms with Gasteiger partial charge in [-0.25, -0.2) is 9.37 Å². The molecule has 4 heterocycles. The van der Waals surface area contributed by atoms with Gasteiger partial charge in [0.25, 0.3) is 5.91 Å². The summed E-state index contributed by atoms with van der Waals surface area (Å²) in [6, 6.07) is 8.23. The highest BCUT2D eigenvalue weighted by Gasteiger charge is 2.45. The van der Waals surface area contributed by atoms with Gasteiger partial charge in [-0.05, 0) is 49.8 Å². The van der Waals surface area contributed by atoms with E-state index in [0.29, 0.717) is 18.3 Å². The Hall–Kier alpha value is -3.29. The third kappa shape index (κ3) is 3.32. The quantitative estimate of drug-likeness (QED) is 0.664. The van der Waals surface area contributed by atoms with Crippen LogP contribution in [0.25, 0.3) is 5.69 Å². The van der Waals surface area contributed by atoms with Gasteiger partial charge in [0.2, 0.25) is 5.88 Å². The number of halogens is 1. The minimum Gasteiger partial charge on any atom is -0.472 e. The lowest BCUT2D eigenvalue weighted by atomic mass is 9.77. The standard InChI is InChI=1S/C22H22FN5O2/c1-14-5-8-20(24-12-14)30-19-11-15-6-7-18(19)27(13-15)22(29)16-3-2-4-17(23)21(16)28-25-9-10-26-28/h2-5,8-10,12,15,18-19H,6-7,11,13H2,1H3/t15-,18+,19-/m1/s1. The second-order valence-electron chi connectivity index (χ2n) is 7.99. The van der Waals surface area contributed by atoms with Crippen LogP contribution in [-0.2, 0) is 0 Å². The lowest BCUT2D eigenvalue weighted by Crippen LogP contribution is -2.59. The van der Waals surface area contributed by atoms with Crippen LogP contribution in [0.2, 0.25) is 0 Å². The third-order valence-corrected chi connectivity index (χ3v) is 5.97. The molecular weight excluding hydrogens is 385 g/mol. The van der Waals surface area contributed by atoms with E-state index in [2.05, 4.69) is 15.2 Å². The number of para-hydroxylation sites is 1. The first-order chi connectivity index (χ1) is 14.6. The van der Waals surface area contributed by atoms with Crippen molar-refractivity contribution in [1.82, 2.24) is 24.9 Å². The molecule has 30 heavy (non-hydrogen) atoms. The highest BCUT2D eigenvalue weighted by Crippen LogP contribution is 2.38. The second kappa shape index (κ2) is 7.51. The Kier molecular flexibility index (Phi) is 4.69. The number of aryl methyl sites for hydroxylation is 1. The van der Waals surface area contributed by atoms with Gasteiger partial charge in [0.1, 0.15) is 11.8 Å². The number of hydrogen-bond acceptors (Lipinski definition) is 5. The number of ether oxygens (including phenoxy) is 1. The molecule has 1 amide bonds. The van der Waals surface area contributed by atoms with Gasteiger partial charge in [-0.3, -0.25) is 4.79 Å². The van der Waals surface area contributed by atoms with Gasteiger partial charge in [-0.1, -0.05) is 12.1 Å². The molecule has 3 aromatic rings. The molecule has 3 fully saturated rings. The maximum atomic E-state index is 14.6. The molecule has 1 aliphatic carbocycles. The lowest BCUT2D eigenvalue weighted by Gasteiger charge is -2.49. The summed E-state index contributed by atoms with van der Waals surface area (Å²) in [6.45, 7) is 2.62. The minimum absolute atomic E-state index is 0.0756. The van der Waals surface area contributed by atoms with Crippen molar-refractivity contribution in [2.24, 2.45) is 5.92 Å². The van der Waals surface area contributed by atoms with Crippen LogP contribution in [-0.4, -0.2) is 49.5 Å². The highest BCUT2D eigenvalue weighted by atomic mass is 19.1. The number of carbonyl (C=O) groups is 1. The number of pyridine rings is 1. The van der Waals surface area contributed by atoms with E-state index in [1.165, 1.54) is 18.5 Å². The van der Waals surface area contributed by atoms with E-state index in [1.807, 2.05) is 24.0 Å². The van der Waals surface area contributed by atoms with Gasteiger partial charge in [-0.15, -0.1) is 4.80 Å². The Morgan fingerprint density at radius 3 is 2.73 bits per heavy atom. The number of aromatic nitrogens is 4. The fraction of sp³-hybridized carbons (Fsp3) is 0.364. The molecule has 0 unspecified atom stereocenters. The van der Waals surface area contributed by atoms with Crippen LogP contribution in [0.4, 0.5) is 4.39 Å². The van der Waals surface area contributed by atoms with Gasteiger partial charge < -0.3 is 9.64 Å². The normalized spacial score (nSPS) is 22.9. The minimum atomic E-state index is -0.532. The monoisotopic (exact) mass is 407 g/mol. The Bertz CT molecular complexity index is 1050. The highest BCUT2D eigenvalue weighted by molar-refractivity contribution is 5.98. The molecule has 3 atom stereocenters. The Labute approximate surface area is 173 Å². The molecule has 2 bridgehead atoms. The van der Waals surface area contributed by atoms with Gasteiger partial charge in [0.05, 0.1) is 24.0 Å². The van der Waals surface area contributed by atoms with E-state index >= 15 is 0 Å². The van der Waals surface area contributed by atoms with E-state index in [4.69, 9.17) is 4.74 Å². The third-order valence-electron chi connectivity index (χ3n) is 5.97. The summed E-state index contributed by atoms with van der Waals surface area (Å²) < 4.78 is 20.8. The van der Waals surface area contributed by atoms with Crippen LogP contribution in [0.15, 0.2) is 48.9 Å². The van der Waals surface area contributed by atoms with E-state index in [1.54, 1.807) is 18.3 Å². The molecule has 3 aliphatic rings. The molecule has 154 valence electrons. The fourth-order valence-electron chi connectivity index (χ4n) is 4.55. The zero-order valence-corrected chi connectivity index (χ0v) is 16.6. The average Bonchev–Trinajstić information content (AvgIpc) is 3.29. The molecule has 0 N–H and O–H groups in total. The molecular formula is C22H22FN5O2. The van der Waals surface area contributed by atoms with E-state index in [9.17, 15) is 9.18 Å². The number of carbonyl (C=O) groups excluding carboxylic acids is 1. The molecule has 0 radical (unpaired) electrons. The van der Waals surface area contributed by atoms with E-state index < -0.39 is 5.82 Å². The maximum Gasteiger partial charge on any atom is 0.256 e. The van der Waals surface area contributed by atoms with Gasteiger partial charge in [0, 0.05) is 18.8 Å². The smallest absolute Gasteiger partial charge is 0.256 e. The van der Waals surface area contributed by atoms with Gasteiger partial charge in [0.15, 0.2) is 5.82 Å². The predicted molar refractivity (Wildman–Crippen MR) is 107 cm³/mol. The average molecular weight is 407 g/mol. The first-order valence-electron chi connectivity index (χ1n) is 10.2.